The molecule has 1 amide bonds. The fourth-order valence-electron chi connectivity index (χ4n) is 1.37. The van der Waals surface area contributed by atoms with Gasteiger partial charge in [0.15, 0.2) is 11.5 Å². The van der Waals surface area contributed by atoms with E-state index in [1.54, 1.807) is 18.2 Å². The molecule has 1 aromatic carbocycles. The van der Waals surface area contributed by atoms with Gasteiger partial charge in [0.2, 0.25) is 6.79 Å². The highest BCUT2D eigenvalue weighted by molar-refractivity contribution is 5.96. The number of nitrogens with zero attached hydrogens (tertiary/aromatic N) is 1. The van der Waals surface area contributed by atoms with Gasteiger partial charge in [0.25, 0.3) is 5.91 Å². The van der Waals surface area contributed by atoms with E-state index >= 15 is 0 Å². The molecule has 1 aromatic rings. The van der Waals surface area contributed by atoms with E-state index in [0.29, 0.717) is 23.0 Å². The number of amides is 1. The second-order valence-electron chi connectivity index (χ2n) is 4.42. The summed E-state index contributed by atoms with van der Waals surface area (Å²) in [6.45, 7) is 6.12. The predicted octanol–water partition coefficient (Wildman–Crippen LogP) is 2.18. The summed E-state index contributed by atoms with van der Waals surface area (Å²) in [6.07, 6.45) is 0. The molecule has 1 aliphatic heterocycles. The highest BCUT2D eigenvalue weighted by Crippen LogP contribution is 2.32. The van der Waals surface area contributed by atoms with Gasteiger partial charge >= 0.3 is 0 Å². The van der Waals surface area contributed by atoms with Crippen molar-refractivity contribution >= 4 is 11.6 Å². The molecule has 0 saturated carbocycles. The Hall–Kier alpha value is -2.04. The maximum absolute atomic E-state index is 11.9. The van der Waals surface area contributed by atoms with Gasteiger partial charge in [0, 0.05) is 11.3 Å². The van der Waals surface area contributed by atoms with Crippen molar-refractivity contribution in [1.29, 1.82) is 0 Å². The van der Waals surface area contributed by atoms with Gasteiger partial charge < -0.3 is 9.47 Å². The van der Waals surface area contributed by atoms with E-state index in [9.17, 15) is 4.79 Å². The Morgan fingerprint density at radius 1 is 1.33 bits per heavy atom. The minimum Gasteiger partial charge on any atom is -0.454 e. The quantitative estimate of drug-likeness (QED) is 0.658. The molecule has 0 bridgehead atoms. The third-order valence-electron chi connectivity index (χ3n) is 2.80. The van der Waals surface area contributed by atoms with Gasteiger partial charge in [-0.3, -0.25) is 4.79 Å². The molecule has 1 aliphatic rings. The third kappa shape index (κ3) is 2.61. The number of hydrogen-bond acceptors (Lipinski definition) is 4. The van der Waals surface area contributed by atoms with E-state index in [0.717, 1.165) is 5.71 Å². The molecule has 0 aromatic heterocycles. The van der Waals surface area contributed by atoms with Crippen molar-refractivity contribution in [3.8, 4) is 11.5 Å². The normalized spacial score (nSPS) is 13.9. The summed E-state index contributed by atoms with van der Waals surface area (Å²) >= 11 is 0. The number of ether oxygens (including phenoxy) is 2. The zero-order chi connectivity index (χ0) is 13.1. The van der Waals surface area contributed by atoms with Crippen LogP contribution in [0.25, 0.3) is 0 Å². The van der Waals surface area contributed by atoms with E-state index in [4.69, 9.17) is 9.47 Å². The summed E-state index contributed by atoms with van der Waals surface area (Å²) < 4.78 is 10.4. The second-order valence-corrected chi connectivity index (χ2v) is 4.42. The first-order chi connectivity index (χ1) is 8.58. The fraction of sp³-hybridized carbons (Fsp3) is 0.385. The Bertz CT molecular complexity index is 495. The van der Waals surface area contributed by atoms with E-state index in [1.807, 2.05) is 20.8 Å². The van der Waals surface area contributed by atoms with Gasteiger partial charge in [-0.05, 0) is 31.0 Å². The van der Waals surface area contributed by atoms with Gasteiger partial charge in [0.05, 0.1) is 0 Å². The van der Waals surface area contributed by atoms with Crippen LogP contribution in [0.5, 0.6) is 11.5 Å². The summed E-state index contributed by atoms with van der Waals surface area (Å²) in [7, 11) is 0. The second kappa shape index (κ2) is 5.08. The molecule has 5 nitrogen and oxygen atoms in total. The fourth-order valence-corrected chi connectivity index (χ4v) is 1.37. The van der Waals surface area contributed by atoms with Crippen LogP contribution in [0.1, 0.15) is 31.1 Å². The van der Waals surface area contributed by atoms with Crippen LogP contribution < -0.4 is 14.9 Å². The van der Waals surface area contributed by atoms with E-state index < -0.39 is 0 Å². The molecule has 0 radical (unpaired) electrons. The number of benzene rings is 1. The van der Waals surface area contributed by atoms with Crippen molar-refractivity contribution in [3.63, 3.8) is 0 Å². The summed E-state index contributed by atoms with van der Waals surface area (Å²) in [4.78, 5) is 11.9. The molecule has 5 heteroatoms. The Labute approximate surface area is 106 Å². The van der Waals surface area contributed by atoms with Crippen LogP contribution in [-0.2, 0) is 0 Å². The van der Waals surface area contributed by atoms with Gasteiger partial charge in [-0.15, -0.1) is 0 Å². The van der Waals surface area contributed by atoms with Crippen LogP contribution in [0.3, 0.4) is 0 Å². The van der Waals surface area contributed by atoms with E-state index in [1.165, 1.54) is 0 Å². The Morgan fingerprint density at radius 2 is 2.06 bits per heavy atom. The molecule has 0 atom stereocenters. The molecule has 96 valence electrons. The van der Waals surface area contributed by atoms with Gasteiger partial charge in [-0.1, -0.05) is 13.8 Å². The maximum Gasteiger partial charge on any atom is 0.271 e. The summed E-state index contributed by atoms with van der Waals surface area (Å²) in [5.74, 6) is 1.30. The lowest BCUT2D eigenvalue weighted by molar-refractivity contribution is 0.0954. The number of rotatable bonds is 3. The molecular formula is C13H16N2O3. The molecule has 0 saturated heterocycles. The lowest BCUT2D eigenvalue weighted by Crippen LogP contribution is -2.20. The van der Waals surface area contributed by atoms with E-state index in [-0.39, 0.29) is 12.7 Å². The van der Waals surface area contributed by atoms with Crippen molar-refractivity contribution < 1.29 is 14.3 Å². The summed E-state index contributed by atoms with van der Waals surface area (Å²) in [5, 5.41) is 4.04. The number of nitrogens with one attached hydrogen (secondary N) is 1. The lowest BCUT2D eigenvalue weighted by Gasteiger charge is -2.05. The zero-order valence-electron chi connectivity index (χ0n) is 10.7. The SMILES string of the molecule is CC(=NNC(=O)c1ccc2c(c1)OCO2)C(C)C. The third-order valence-corrected chi connectivity index (χ3v) is 2.80. The van der Waals surface area contributed by atoms with Crippen LogP contribution in [-0.4, -0.2) is 18.4 Å². The van der Waals surface area contributed by atoms with Crippen molar-refractivity contribution in [1.82, 2.24) is 5.43 Å². The average Bonchev–Trinajstić information content (AvgIpc) is 2.82. The highest BCUT2D eigenvalue weighted by Gasteiger charge is 2.15. The summed E-state index contributed by atoms with van der Waals surface area (Å²) in [6, 6.07) is 5.05. The number of hydrogen-bond donors (Lipinski definition) is 1. The molecule has 18 heavy (non-hydrogen) atoms. The smallest absolute Gasteiger partial charge is 0.271 e. The van der Waals surface area contributed by atoms with Crippen LogP contribution >= 0.6 is 0 Å². The number of carbonyl (C=O) groups is 1. The van der Waals surface area contributed by atoms with Crippen LogP contribution in [0.15, 0.2) is 23.3 Å². The molecule has 1 heterocycles. The number of fused-ring (bicyclic) bond motifs is 1. The Morgan fingerprint density at radius 3 is 2.78 bits per heavy atom. The molecular weight excluding hydrogens is 232 g/mol. The van der Waals surface area contributed by atoms with Gasteiger partial charge in [-0.25, -0.2) is 5.43 Å². The Kier molecular flexibility index (Phi) is 3.50. The highest BCUT2D eigenvalue weighted by atomic mass is 16.7. The van der Waals surface area contributed by atoms with Gasteiger partial charge in [-0.2, -0.15) is 5.10 Å². The standard InChI is InChI=1S/C13H16N2O3/c1-8(2)9(3)14-15-13(16)10-4-5-11-12(6-10)18-7-17-11/h4-6,8H,7H2,1-3H3,(H,15,16). The largest absolute Gasteiger partial charge is 0.454 e. The first-order valence-electron chi connectivity index (χ1n) is 5.82. The summed E-state index contributed by atoms with van der Waals surface area (Å²) in [5.41, 5.74) is 3.90. The number of carbonyl (C=O) groups excluding carboxylic acids is 1. The van der Waals surface area contributed by atoms with Crippen LogP contribution in [0.4, 0.5) is 0 Å². The first-order valence-corrected chi connectivity index (χ1v) is 5.82. The molecule has 2 rings (SSSR count). The van der Waals surface area contributed by atoms with E-state index in [2.05, 4.69) is 10.5 Å². The Balaban J connectivity index is 2.08. The van der Waals surface area contributed by atoms with Crippen molar-refractivity contribution in [3.05, 3.63) is 23.8 Å². The molecule has 0 unspecified atom stereocenters. The first kappa shape index (κ1) is 12.4. The van der Waals surface area contributed by atoms with Crippen molar-refractivity contribution in [2.24, 2.45) is 11.0 Å². The van der Waals surface area contributed by atoms with Crippen molar-refractivity contribution in [2.45, 2.75) is 20.8 Å². The lowest BCUT2D eigenvalue weighted by atomic mass is 10.1. The van der Waals surface area contributed by atoms with Crippen molar-refractivity contribution in [2.75, 3.05) is 6.79 Å². The maximum atomic E-state index is 11.9. The number of hydrazone groups is 1. The van der Waals surface area contributed by atoms with Gasteiger partial charge in [0.1, 0.15) is 0 Å². The minimum absolute atomic E-state index is 0.199. The monoisotopic (exact) mass is 248 g/mol. The molecule has 1 N–H and O–H groups in total. The molecule has 0 spiro atoms. The minimum atomic E-state index is -0.256. The average molecular weight is 248 g/mol. The van der Waals surface area contributed by atoms with Crippen LogP contribution in [0.2, 0.25) is 0 Å². The zero-order valence-corrected chi connectivity index (χ0v) is 10.7. The van der Waals surface area contributed by atoms with Crippen LogP contribution in [0, 0.1) is 5.92 Å². The topological polar surface area (TPSA) is 59.9 Å². The molecule has 0 aliphatic carbocycles. The molecule has 0 fully saturated rings. The predicted molar refractivity (Wildman–Crippen MR) is 68.0 cm³/mol.